The van der Waals surface area contributed by atoms with E-state index in [1.165, 1.54) is 11.3 Å². The van der Waals surface area contributed by atoms with Crippen molar-refractivity contribution in [1.29, 1.82) is 0 Å². The molecule has 0 saturated carbocycles. The fourth-order valence-electron chi connectivity index (χ4n) is 1.67. The third kappa shape index (κ3) is 3.83. The highest BCUT2D eigenvalue weighted by molar-refractivity contribution is 5.47. The van der Waals surface area contributed by atoms with E-state index in [2.05, 4.69) is 48.5 Å². The first-order valence-corrected chi connectivity index (χ1v) is 5.73. The number of rotatable bonds is 6. The van der Waals surface area contributed by atoms with Crippen LogP contribution in [0, 0.1) is 6.92 Å². The molecule has 1 unspecified atom stereocenters. The Hall–Kier alpha value is -1.06. The number of anilines is 1. The maximum atomic E-state index is 9.07. The van der Waals surface area contributed by atoms with Crippen LogP contribution in [-0.4, -0.2) is 38.4 Å². The van der Waals surface area contributed by atoms with Crippen LogP contribution in [0.25, 0.3) is 0 Å². The molecule has 0 fully saturated rings. The maximum Gasteiger partial charge on any atom is 0.0585 e. The molecule has 90 valence electrons. The number of nitrogens with one attached hydrogen (secondary N) is 1. The van der Waals surface area contributed by atoms with E-state index < -0.39 is 0 Å². The summed E-state index contributed by atoms with van der Waals surface area (Å²) in [4.78, 5) is 2.22. The van der Waals surface area contributed by atoms with Gasteiger partial charge in [0.05, 0.1) is 6.61 Å². The van der Waals surface area contributed by atoms with Gasteiger partial charge in [0.25, 0.3) is 0 Å². The van der Waals surface area contributed by atoms with E-state index in [1.807, 2.05) is 7.05 Å². The molecule has 3 heteroatoms. The van der Waals surface area contributed by atoms with Crippen molar-refractivity contribution in [2.75, 3.05) is 32.1 Å². The lowest BCUT2D eigenvalue weighted by Crippen LogP contribution is -2.33. The second-order valence-corrected chi connectivity index (χ2v) is 4.22. The van der Waals surface area contributed by atoms with Crippen molar-refractivity contribution in [2.45, 2.75) is 19.4 Å². The Balaban J connectivity index is 2.49. The van der Waals surface area contributed by atoms with Crippen LogP contribution < -0.4 is 10.2 Å². The van der Waals surface area contributed by atoms with E-state index in [0.717, 1.165) is 13.0 Å². The van der Waals surface area contributed by atoms with Crippen LogP contribution in [0.2, 0.25) is 0 Å². The van der Waals surface area contributed by atoms with Gasteiger partial charge in [-0.25, -0.2) is 0 Å². The highest BCUT2D eigenvalue weighted by Crippen LogP contribution is 2.14. The largest absolute Gasteiger partial charge is 0.395 e. The molecule has 1 aromatic carbocycles. The van der Waals surface area contributed by atoms with Crippen molar-refractivity contribution < 1.29 is 5.11 Å². The SMILES string of the molecule is CNC(CO)CCN(C)c1cccc(C)c1. The molecular weight excluding hydrogens is 200 g/mol. The van der Waals surface area contributed by atoms with E-state index in [1.54, 1.807) is 0 Å². The van der Waals surface area contributed by atoms with Crippen LogP contribution in [0.3, 0.4) is 0 Å². The van der Waals surface area contributed by atoms with E-state index >= 15 is 0 Å². The molecule has 3 nitrogen and oxygen atoms in total. The molecule has 2 N–H and O–H groups in total. The molecular formula is C13H22N2O. The maximum absolute atomic E-state index is 9.07. The predicted octanol–water partition coefficient (Wildman–Crippen LogP) is 1.40. The van der Waals surface area contributed by atoms with Crippen LogP contribution in [-0.2, 0) is 0 Å². The summed E-state index contributed by atoms with van der Waals surface area (Å²) in [5, 5.41) is 12.2. The molecule has 0 aliphatic carbocycles. The van der Waals surface area contributed by atoms with E-state index in [4.69, 9.17) is 5.11 Å². The summed E-state index contributed by atoms with van der Waals surface area (Å²) < 4.78 is 0. The first-order chi connectivity index (χ1) is 7.67. The van der Waals surface area contributed by atoms with Crippen molar-refractivity contribution in [3.8, 4) is 0 Å². The standard InChI is InChI=1S/C13H22N2O/c1-11-5-4-6-13(9-11)15(3)8-7-12(10-16)14-2/h4-6,9,12,14,16H,7-8,10H2,1-3H3. The fraction of sp³-hybridized carbons (Fsp3) is 0.538. The Morgan fingerprint density at radius 1 is 1.44 bits per heavy atom. The number of hydrogen-bond donors (Lipinski definition) is 2. The van der Waals surface area contributed by atoms with Gasteiger partial charge in [0.15, 0.2) is 0 Å². The zero-order valence-corrected chi connectivity index (χ0v) is 10.4. The van der Waals surface area contributed by atoms with Gasteiger partial charge in [-0.2, -0.15) is 0 Å². The Morgan fingerprint density at radius 3 is 2.75 bits per heavy atom. The molecule has 0 saturated heterocycles. The highest BCUT2D eigenvalue weighted by atomic mass is 16.3. The van der Waals surface area contributed by atoms with Gasteiger partial charge in [0, 0.05) is 25.3 Å². The topological polar surface area (TPSA) is 35.5 Å². The summed E-state index contributed by atoms with van der Waals surface area (Å²) in [7, 11) is 3.96. The smallest absolute Gasteiger partial charge is 0.0585 e. The number of aryl methyl sites for hydroxylation is 1. The van der Waals surface area contributed by atoms with Gasteiger partial charge >= 0.3 is 0 Å². The molecule has 16 heavy (non-hydrogen) atoms. The molecule has 0 heterocycles. The minimum atomic E-state index is 0.187. The summed E-state index contributed by atoms with van der Waals surface area (Å²) in [6.07, 6.45) is 0.942. The van der Waals surface area contributed by atoms with Gasteiger partial charge in [-0.05, 0) is 38.1 Å². The van der Waals surface area contributed by atoms with Gasteiger partial charge < -0.3 is 15.3 Å². The summed E-state index contributed by atoms with van der Waals surface area (Å²) >= 11 is 0. The number of likely N-dealkylation sites (N-methyl/N-ethyl adjacent to an activating group) is 1. The predicted molar refractivity (Wildman–Crippen MR) is 69.0 cm³/mol. The van der Waals surface area contributed by atoms with Crippen LogP contribution in [0.1, 0.15) is 12.0 Å². The fourth-order valence-corrected chi connectivity index (χ4v) is 1.67. The Labute approximate surface area is 98.1 Å². The molecule has 1 aromatic rings. The quantitative estimate of drug-likeness (QED) is 0.764. The molecule has 0 bridgehead atoms. The van der Waals surface area contributed by atoms with Crippen LogP contribution in [0.15, 0.2) is 24.3 Å². The van der Waals surface area contributed by atoms with E-state index in [-0.39, 0.29) is 12.6 Å². The van der Waals surface area contributed by atoms with Crippen LogP contribution in [0.5, 0.6) is 0 Å². The van der Waals surface area contributed by atoms with Crippen molar-refractivity contribution in [3.63, 3.8) is 0 Å². The van der Waals surface area contributed by atoms with Gasteiger partial charge in [-0.15, -0.1) is 0 Å². The highest BCUT2D eigenvalue weighted by Gasteiger charge is 2.06. The summed E-state index contributed by atoms with van der Waals surface area (Å²) in [5.41, 5.74) is 2.50. The molecule has 1 rings (SSSR count). The first-order valence-electron chi connectivity index (χ1n) is 5.73. The summed E-state index contributed by atoms with van der Waals surface area (Å²) in [6, 6.07) is 8.64. The minimum absolute atomic E-state index is 0.187. The minimum Gasteiger partial charge on any atom is -0.395 e. The van der Waals surface area contributed by atoms with Crippen molar-refractivity contribution in [3.05, 3.63) is 29.8 Å². The van der Waals surface area contributed by atoms with Crippen LogP contribution >= 0.6 is 0 Å². The average Bonchev–Trinajstić information content (AvgIpc) is 2.30. The van der Waals surface area contributed by atoms with Gasteiger partial charge in [0.2, 0.25) is 0 Å². The second-order valence-electron chi connectivity index (χ2n) is 4.22. The monoisotopic (exact) mass is 222 g/mol. The van der Waals surface area contributed by atoms with Crippen molar-refractivity contribution in [1.82, 2.24) is 5.32 Å². The number of benzene rings is 1. The molecule has 0 amide bonds. The van der Waals surface area contributed by atoms with Gasteiger partial charge in [-0.3, -0.25) is 0 Å². The van der Waals surface area contributed by atoms with Crippen LogP contribution in [0.4, 0.5) is 5.69 Å². The Morgan fingerprint density at radius 2 is 2.19 bits per heavy atom. The molecule has 0 spiro atoms. The third-order valence-corrected chi connectivity index (χ3v) is 2.88. The lowest BCUT2D eigenvalue weighted by molar-refractivity contribution is 0.243. The second kappa shape index (κ2) is 6.51. The van der Waals surface area contributed by atoms with Gasteiger partial charge in [0.1, 0.15) is 0 Å². The molecule has 0 radical (unpaired) electrons. The van der Waals surface area contributed by atoms with Crippen molar-refractivity contribution in [2.24, 2.45) is 0 Å². The number of aliphatic hydroxyl groups is 1. The lowest BCUT2D eigenvalue weighted by atomic mass is 10.2. The number of aliphatic hydroxyl groups excluding tert-OH is 1. The van der Waals surface area contributed by atoms with E-state index in [9.17, 15) is 0 Å². The lowest BCUT2D eigenvalue weighted by Gasteiger charge is -2.22. The zero-order valence-electron chi connectivity index (χ0n) is 10.4. The van der Waals surface area contributed by atoms with E-state index in [0.29, 0.717) is 0 Å². The molecule has 0 aliphatic rings. The first kappa shape index (κ1) is 13.0. The number of nitrogens with zero attached hydrogens (tertiary/aromatic N) is 1. The Kier molecular flexibility index (Phi) is 5.29. The average molecular weight is 222 g/mol. The molecule has 0 aliphatic heterocycles. The number of hydrogen-bond acceptors (Lipinski definition) is 3. The molecule has 0 aromatic heterocycles. The summed E-state index contributed by atoms with van der Waals surface area (Å²) in [5.74, 6) is 0. The van der Waals surface area contributed by atoms with Crippen molar-refractivity contribution >= 4 is 5.69 Å². The third-order valence-electron chi connectivity index (χ3n) is 2.88. The molecule has 1 atom stereocenters. The zero-order chi connectivity index (χ0) is 12.0. The summed E-state index contributed by atoms with van der Waals surface area (Å²) in [6.45, 7) is 3.23. The van der Waals surface area contributed by atoms with Gasteiger partial charge in [-0.1, -0.05) is 12.1 Å². The normalized spacial score (nSPS) is 12.5. The Bertz CT molecular complexity index is 311.